The van der Waals surface area contributed by atoms with Gasteiger partial charge in [0.1, 0.15) is 22.8 Å². The number of carbonyl (C=O) groups is 3. The zero-order valence-corrected chi connectivity index (χ0v) is 20.2. The van der Waals surface area contributed by atoms with E-state index in [9.17, 15) is 18.8 Å². The van der Waals surface area contributed by atoms with Crippen LogP contribution < -0.4 is 10.6 Å². The number of thioether (sulfide) groups is 1. The number of hydrogen-bond donors (Lipinski definition) is 2. The second kappa shape index (κ2) is 10.3. The smallest absolute Gasteiger partial charge is 0.272 e. The molecule has 2 N–H and O–H groups in total. The summed E-state index contributed by atoms with van der Waals surface area (Å²) in [6, 6.07) is 11.0. The van der Waals surface area contributed by atoms with Crippen LogP contribution in [-0.2, 0) is 23.6 Å². The molecule has 11 heteroatoms. The van der Waals surface area contributed by atoms with E-state index >= 15 is 0 Å². The van der Waals surface area contributed by atoms with Crippen LogP contribution in [-0.4, -0.2) is 57.3 Å². The molecule has 3 aromatic rings. The van der Waals surface area contributed by atoms with Gasteiger partial charge in [0.05, 0.1) is 18.6 Å². The van der Waals surface area contributed by atoms with Gasteiger partial charge < -0.3 is 20.0 Å². The lowest BCUT2D eigenvalue weighted by molar-refractivity contribution is -0.132. The summed E-state index contributed by atoms with van der Waals surface area (Å²) in [5.41, 5.74) is -0.122. The van der Waals surface area contributed by atoms with Crippen molar-refractivity contribution in [1.82, 2.24) is 25.3 Å². The van der Waals surface area contributed by atoms with Crippen molar-refractivity contribution < 1.29 is 23.2 Å². The Kier molecular flexibility index (Phi) is 7.25. The van der Waals surface area contributed by atoms with Gasteiger partial charge in [-0.3, -0.25) is 19.1 Å². The number of nitrogens with zero attached hydrogens (tertiary/aromatic N) is 3. The molecule has 3 heterocycles. The lowest BCUT2D eigenvalue weighted by Crippen LogP contribution is -2.62. The van der Waals surface area contributed by atoms with Crippen LogP contribution in [0.15, 0.2) is 53.1 Å². The van der Waals surface area contributed by atoms with Crippen LogP contribution in [0.1, 0.15) is 39.2 Å². The summed E-state index contributed by atoms with van der Waals surface area (Å²) in [6.45, 7) is 2.36. The lowest BCUT2D eigenvalue weighted by atomic mass is 9.96. The molecule has 1 atom stereocenters. The van der Waals surface area contributed by atoms with Gasteiger partial charge in [-0.2, -0.15) is 16.9 Å². The van der Waals surface area contributed by atoms with Crippen LogP contribution in [0.3, 0.4) is 0 Å². The summed E-state index contributed by atoms with van der Waals surface area (Å²) in [4.78, 5) is 40.0. The predicted octanol–water partition coefficient (Wildman–Crippen LogP) is 2.44. The number of nitrogens with one attached hydrogen (secondary N) is 2. The number of likely N-dealkylation sites (N-methyl/N-ethyl adjacent to an activating group) is 1. The van der Waals surface area contributed by atoms with Crippen LogP contribution in [0.2, 0.25) is 0 Å². The molecule has 0 fully saturated rings. The van der Waals surface area contributed by atoms with Crippen molar-refractivity contribution >= 4 is 29.5 Å². The molecule has 4 rings (SSSR count). The maximum absolute atomic E-state index is 13.1. The third-order valence-electron chi connectivity index (χ3n) is 5.95. The van der Waals surface area contributed by atoms with E-state index in [-0.39, 0.29) is 42.1 Å². The first-order valence-corrected chi connectivity index (χ1v) is 12.2. The minimum atomic E-state index is -1.22. The van der Waals surface area contributed by atoms with Gasteiger partial charge in [-0.15, -0.1) is 0 Å². The Morgan fingerprint density at radius 1 is 1.23 bits per heavy atom. The lowest BCUT2D eigenvalue weighted by Gasteiger charge is -2.40. The van der Waals surface area contributed by atoms with E-state index in [1.807, 2.05) is 12.1 Å². The summed E-state index contributed by atoms with van der Waals surface area (Å²) in [6.07, 6.45) is 1.62. The number of aromatic nitrogens is 2. The van der Waals surface area contributed by atoms with Gasteiger partial charge in [0, 0.05) is 32.0 Å². The number of carbonyl (C=O) groups excluding carboxylic acids is 3. The average Bonchev–Trinajstić information content (AvgIpc) is 3.52. The van der Waals surface area contributed by atoms with Gasteiger partial charge in [0.2, 0.25) is 5.91 Å². The van der Waals surface area contributed by atoms with E-state index in [4.69, 9.17) is 4.42 Å². The first-order chi connectivity index (χ1) is 16.8. The highest BCUT2D eigenvalue weighted by Crippen LogP contribution is 2.26. The molecule has 3 amide bonds. The van der Waals surface area contributed by atoms with Gasteiger partial charge in [-0.05, 0) is 36.8 Å². The quantitative estimate of drug-likeness (QED) is 0.438. The van der Waals surface area contributed by atoms with E-state index in [0.717, 1.165) is 11.3 Å². The Morgan fingerprint density at radius 3 is 2.71 bits per heavy atom. The molecule has 0 unspecified atom stereocenters. The summed E-state index contributed by atoms with van der Waals surface area (Å²) in [7, 11) is 1.55. The summed E-state index contributed by atoms with van der Waals surface area (Å²) in [5.74, 6) is 0.745. The second-order valence-corrected chi connectivity index (χ2v) is 9.51. The monoisotopic (exact) mass is 499 g/mol. The first kappa shape index (κ1) is 24.5. The Hall–Kier alpha value is -3.60. The molecule has 0 aliphatic carbocycles. The Morgan fingerprint density at radius 2 is 2.00 bits per heavy atom. The fourth-order valence-corrected chi connectivity index (χ4v) is 4.46. The van der Waals surface area contributed by atoms with Gasteiger partial charge in [0.25, 0.3) is 11.8 Å². The SMILES string of the molecule is CN1C(=O)c2cc(C(=O)NCCSCc3ccco3)nn2C[C@]1(C)C(=O)NCc1ccc(F)cc1. The fraction of sp³-hybridized carbons (Fsp3) is 0.333. The van der Waals surface area contributed by atoms with Crippen molar-refractivity contribution in [2.75, 3.05) is 19.3 Å². The van der Waals surface area contributed by atoms with Crippen LogP contribution >= 0.6 is 11.8 Å². The van der Waals surface area contributed by atoms with Crippen LogP contribution in [0.4, 0.5) is 4.39 Å². The molecule has 2 aromatic heterocycles. The molecular formula is C24H26FN5O4S. The molecular weight excluding hydrogens is 473 g/mol. The normalized spacial score (nSPS) is 17.2. The highest BCUT2D eigenvalue weighted by Gasteiger charge is 2.46. The van der Waals surface area contributed by atoms with E-state index in [1.165, 1.54) is 27.8 Å². The predicted molar refractivity (Wildman–Crippen MR) is 128 cm³/mol. The number of rotatable bonds is 9. The molecule has 0 saturated carbocycles. The van der Waals surface area contributed by atoms with Crippen LogP contribution in [0, 0.1) is 5.82 Å². The Labute approximate surface area is 206 Å². The highest BCUT2D eigenvalue weighted by molar-refractivity contribution is 7.98. The van der Waals surface area contributed by atoms with Crippen molar-refractivity contribution in [3.05, 3.63) is 77.3 Å². The molecule has 9 nitrogen and oxygen atoms in total. The Bertz CT molecular complexity index is 1210. The van der Waals surface area contributed by atoms with Crippen LogP contribution in [0.5, 0.6) is 0 Å². The molecule has 0 bridgehead atoms. The standard InChI is InChI=1S/C24H26FN5O4S/c1-24(23(33)27-13-16-5-7-17(25)8-6-16)15-30-20(22(32)29(24)2)12-19(28-30)21(31)26-9-11-35-14-18-4-3-10-34-18/h3-8,10,12H,9,11,13-15H2,1-2H3,(H,26,31)(H,27,33)/t24-/m1/s1. The summed E-state index contributed by atoms with van der Waals surface area (Å²) < 4.78 is 19.8. The van der Waals surface area contributed by atoms with Crippen molar-refractivity contribution in [3.63, 3.8) is 0 Å². The number of halogens is 1. The van der Waals surface area contributed by atoms with Gasteiger partial charge in [-0.25, -0.2) is 4.39 Å². The summed E-state index contributed by atoms with van der Waals surface area (Å²) in [5, 5.41) is 9.90. The van der Waals surface area contributed by atoms with Crippen molar-refractivity contribution in [2.24, 2.45) is 0 Å². The molecule has 184 valence electrons. The minimum Gasteiger partial charge on any atom is -0.468 e. The first-order valence-electron chi connectivity index (χ1n) is 11.0. The Balaban J connectivity index is 1.35. The van der Waals surface area contributed by atoms with E-state index in [0.29, 0.717) is 18.1 Å². The zero-order chi connectivity index (χ0) is 25.0. The molecule has 1 aliphatic rings. The number of benzene rings is 1. The highest BCUT2D eigenvalue weighted by atomic mass is 32.2. The third-order valence-corrected chi connectivity index (χ3v) is 6.93. The molecule has 0 saturated heterocycles. The fourth-order valence-electron chi connectivity index (χ4n) is 3.71. The van der Waals surface area contributed by atoms with E-state index < -0.39 is 11.4 Å². The number of hydrogen-bond acceptors (Lipinski definition) is 6. The van der Waals surface area contributed by atoms with E-state index in [2.05, 4.69) is 15.7 Å². The maximum atomic E-state index is 13.1. The van der Waals surface area contributed by atoms with Gasteiger partial charge in [0.15, 0.2) is 5.69 Å². The van der Waals surface area contributed by atoms with Crippen molar-refractivity contribution in [2.45, 2.75) is 31.3 Å². The second-order valence-electron chi connectivity index (χ2n) is 8.41. The van der Waals surface area contributed by atoms with Crippen molar-refractivity contribution in [3.8, 4) is 0 Å². The number of amides is 3. The number of furan rings is 1. The van der Waals surface area contributed by atoms with Crippen molar-refractivity contribution in [1.29, 1.82) is 0 Å². The number of fused-ring (bicyclic) bond motifs is 1. The molecule has 0 radical (unpaired) electrons. The topological polar surface area (TPSA) is 109 Å². The van der Waals surface area contributed by atoms with Gasteiger partial charge in [-0.1, -0.05) is 12.1 Å². The molecule has 0 spiro atoms. The zero-order valence-electron chi connectivity index (χ0n) is 19.4. The van der Waals surface area contributed by atoms with E-state index in [1.54, 1.807) is 44.1 Å². The molecule has 1 aliphatic heterocycles. The largest absolute Gasteiger partial charge is 0.468 e. The maximum Gasteiger partial charge on any atom is 0.272 e. The average molecular weight is 500 g/mol. The van der Waals surface area contributed by atoms with Gasteiger partial charge >= 0.3 is 0 Å². The third kappa shape index (κ3) is 5.40. The summed E-state index contributed by atoms with van der Waals surface area (Å²) >= 11 is 1.62. The molecule has 35 heavy (non-hydrogen) atoms. The molecule has 1 aromatic carbocycles. The van der Waals surface area contributed by atoms with Crippen LogP contribution in [0.25, 0.3) is 0 Å². The minimum absolute atomic E-state index is 0.0894.